The lowest BCUT2D eigenvalue weighted by Crippen LogP contribution is -1.99. The summed E-state index contributed by atoms with van der Waals surface area (Å²) in [5.41, 5.74) is 0.523. The molecule has 0 aliphatic rings. The summed E-state index contributed by atoms with van der Waals surface area (Å²) in [6, 6.07) is 13.9. The van der Waals surface area contributed by atoms with Crippen LogP contribution in [0.15, 0.2) is 54.7 Å². The van der Waals surface area contributed by atoms with E-state index in [0.717, 1.165) is 0 Å². The maximum Gasteiger partial charge on any atom is 0.336 e. The monoisotopic (exact) mass is 299 g/mol. The Bertz CT molecular complexity index is 818. The van der Waals surface area contributed by atoms with E-state index in [-0.39, 0.29) is 5.56 Å². The number of carboxylic acid groups (broad SMARTS) is 1. The zero-order valence-electron chi connectivity index (χ0n) is 10.8. The van der Waals surface area contributed by atoms with Gasteiger partial charge in [-0.3, -0.25) is 4.98 Å². The molecule has 0 aliphatic carbocycles. The zero-order valence-corrected chi connectivity index (χ0v) is 11.5. The first-order valence-corrected chi connectivity index (χ1v) is 6.58. The highest BCUT2D eigenvalue weighted by Gasteiger charge is 2.15. The SMILES string of the molecule is O=C(O)c1ccnc2c(Oc3ccccc3)ccc(Cl)c12. The van der Waals surface area contributed by atoms with Crippen LogP contribution in [0.5, 0.6) is 11.5 Å². The fourth-order valence-corrected chi connectivity index (χ4v) is 2.33. The average Bonchev–Trinajstić information content (AvgIpc) is 2.50. The lowest BCUT2D eigenvalue weighted by Gasteiger charge is -2.10. The molecule has 0 aliphatic heterocycles. The normalized spacial score (nSPS) is 10.5. The predicted octanol–water partition coefficient (Wildman–Crippen LogP) is 4.38. The molecule has 1 N–H and O–H groups in total. The van der Waals surface area contributed by atoms with E-state index in [1.807, 2.05) is 30.3 Å². The van der Waals surface area contributed by atoms with Crippen molar-refractivity contribution in [2.75, 3.05) is 0 Å². The third-order valence-corrected chi connectivity index (χ3v) is 3.32. The van der Waals surface area contributed by atoms with E-state index in [9.17, 15) is 9.90 Å². The second-order valence-electron chi connectivity index (χ2n) is 4.35. The van der Waals surface area contributed by atoms with Crippen molar-refractivity contribution < 1.29 is 14.6 Å². The van der Waals surface area contributed by atoms with Gasteiger partial charge in [-0.2, -0.15) is 0 Å². The summed E-state index contributed by atoms with van der Waals surface area (Å²) < 4.78 is 5.77. The van der Waals surface area contributed by atoms with Crippen molar-refractivity contribution >= 4 is 28.5 Å². The molecule has 0 saturated heterocycles. The van der Waals surface area contributed by atoms with Crippen molar-refractivity contribution in [1.29, 1.82) is 0 Å². The van der Waals surface area contributed by atoms with Crippen LogP contribution in [0, 0.1) is 0 Å². The van der Waals surface area contributed by atoms with Gasteiger partial charge in [-0.25, -0.2) is 4.79 Å². The van der Waals surface area contributed by atoms with Crippen LogP contribution in [0.4, 0.5) is 0 Å². The molecule has 1 heterocycles. The van der Waals surface area contributed by atoms with Crippen molar-refractivity contribution in [1.82, 2.24) is 4.98 Å². The molecule has 2 aromatic carbocycles. The Balaban J connectivity index is 2.19. The van der Waals surface area contributed by atoms with Gasteiger partial charge in [-0.05, 0) is 30.3 Å². The van der Waals surface area contributed by atoms with Crippen LogP contribution in [0.2, 0.25) is 5.02 Å². The van der Waals surface area contributed by atoms with Crippen LogP contribution in [0.25, 0.3) is 10.9 Å². The maximum atomic E-state index is 11.3. The van der Waals surface area contributed by atoms with Crippen LogP contribution in [-0.2, 0) is 0 Å². The van der Waals surface area contributed by atoms with Crippen LogP contribution in [0.3, 0.4) is 0 Å². The molecule has 0 fully saturated rings. The van der Waals surface area contributed by atoms with Gasteiger partial charge in [0.2, 0.25) is 0 Å². The highest BCUT2D eigenvalue weighted by molar-refractivity contribution is 6.36. The molecule has 0 atom stereocenters. The minimum Gasteiger partial charge on any atom is -0.478 e. The van der Waals surface area contributed by atoms with Gasteiger partial charge >= 0.3 is 5.97 Å². The fraction of sp³-hybridized carbons (Fsp3) is 0. The van der Waals surface area contributed by atoms with E-state index < -0.39 is 5.97 Å². The first-order valence-electron chi connectivity index (χ1n) is 6.20. The Morgan fingerprint density at radius 2 is 1.86 bits per heavy atom. The average molecular weight is 300 g/mol. The molecule has 0 unspecified atom stereocenters. The summed E-state index contributed by atoms with van der Waals surface area (Å²) in [7, 11) is 0. The summed E-state index contributed by atoms with van der Waals surface area (Å²) in [6.45, 7) is 0. The first-order chi connectivity index (χ1) is 10.2. The van der Waals surface area contributed by atoms with E-state index in [1.165, 1.54) is 12.3 Å². The lowest BCUT2D eigenvalue weighted by atomic mass is 10.1. The molecule has 21 heavy (non-hydrogen) atoms. The number of halogens is 1. The highest BCUT2D eigenvalue weighted by atomic mass is 35.5. The second kappa shape index (κ2) is 5.42. The molecule has 0 radical (unpaired) electrons. The topological polar surface area (TPSA) is 59.4 Å². The van der Waals surface area contributed by atoms with Crippen molar-refractivity contribution in [3.8, 4) is 11.5 Å². The third-order valence-electron chi connectivity index (χ3n) is 3.01. The number of aromatic nitrogens is 1. The van der Waals surface area contributed by atoms with Gasteiger partial charge in [0.15, 0.2) is 5.75 Å². The van der Waals surface area contributed by atoms with Crippen molar-refractivity contribution in [3.05, 3.63) is 65.3 Å². The Kier molecular flexibility index (Phi) is 3.46. The molecule has 3 rings (SSSR count). The number of hydrogen-bond acceptors (Lipinski definition) is 3. The Hall–Kier alpha value is -2.59. The van der Waals surface area contributed by atoms with E-state index in [0.29, 0.717) is 27.4 Å². The molecular formula is C16H10ClNO3. The van der Waals surface area contributed by atoms with Gasteiger partial charge in [0.05, 0.1) is 10.6 Å². The molecular weight excluding hydrogens is 290 g/mol. The number of rotatable bonds is 3. The number of ether oxygens (including phenoxy) is 1. The minimum atomic E-state index is -1.05. The smallest absolute Gasteiger partial charge is 0.336 e. The fourth-order valence-electron chi connectivity index (χ4n) is 2.08. The zero-order chi connectivity index (χ0) is 14.8. The van der Waals surface area contributed by atoms with Crippen molar-refractivity contribution in [3.63, 3.8) is 0 Å². The number of nitrogens with zero attached hydrogens (tertiary/aromatic N) is 1. The quantitative estimate of drug-likeness (QED) is 0.779. The number of aromatic carboxylic acids is 1. The second-order valence-corrected chi connectivity index (χ2v) is 4.76. The molecule has 0 spiro atoms. The van der Waals surface area contributed by atoms with Crippen LogP contribution in [0.1, 0.15) is 10.4 Å². The number of fused-ring (bicyclic) bond motifs is 1. The molecule has 0 amide bonds. The largest absolute Gasteiger partial charge is 0.478 e. The molecule has 5 heteroatoms. The molecule has 0 saturated carbocycles. The summed E-state index contributed by atoms with van der Waals surface area (Å²) in [5.74, 6) is 0.0495. The van der Waals surface area contributed by atoms with Crippen LogP contribution >= 0.6 is 11.6 Å². The number of pyridine rings is 1. The number of para-hydroxylation sites is 1. The maximum absolute atomic E-state index is 11.3. The summed E-state index contributed by atoms with van der Waals surface area (Å²) in [6.07, 6.45) is 1.43. The van der Waals surface area contributed by atoms with Crippen LogP contribution < -0.4 is 4.74 Å². The minimum absolute atomic E-state index is 0.100. The number of carboxylic acids is 1. The molecule has 0 bridgehead atoms. The predicted molar refractivity (Wildman–Crippen MR) is 80.2 cm³/mol. The van der Waals surface area contributed by atoms with Gasteiger partial charge in [-0.1, -0.05) is 29.8 Å². The summed E-state index contributed by atoms with van der Waals surface area (Å²) in [4.78, 5) is 15.5. The molecule has 4 nitrogen and oxygen atoms in total. The van der Waals surface area contributed by atoms with Gasteiger partial charge in [0.25, 0.3) is 0 Å². The van der Waals surface area contributed by atoms with Gasteiger partial charge in [-0.15, -0.1) is 0 Å². The first kappa shape index (κ1) is 13.4. The van der Waals surface area contributed by atoms with Crippen LogP contribution in [-0.4, -0.2) is 16.1 Å². The molecule has 104 valence electrons. The Labute approximate surface area is 125 Å². The van der Waals surface area contributed by atoms with Crippen molar-refractivity contribution in [2.24, 2.45) is 0 Å². The Morgan fingerprint density at radius 3 is 2.57 bits per heavy atom. The van der Waals surface area contributed by atoms with E-state index in [2.05, 4.69) is 4.98 Å². The Morgan fingerprint density at radius 1 is 1.10 bits per heavy atom. The van der Waals surface area contributed by atoms with Gasteiger partial charge in [0, 0.05) is 11.6 Å². The van der Waals surface area contributed by atoms with E-state index in [4.69, 9.17) is 16.3 Å². The molecule has 3 aromatic rings. The van der Waals surface area contributed by atoms with Crippen molar-refractivity contribution in [2.45, 2.75) is 0 Å². The number of benzene rings is 2. The third kappa shape index (κ3) is 2.53. The van der Waals surface area contributed by atoms with Gasteiger partial charge in [0.1, 0.15) is 11.3 Å². The number of hydrogen-bond donors (Lipinski definition) is 1. The lowest BCUT2D eigenvalue weighted by molar-refractivity contribution is 0.0699. The summed E-state index contributed by atoms with van der Waals surface area (Å²) in [5, 5.41) is 9.97. The standard InChI is InChI=1S/C16H10ClNO3/c17-12-6-7-13(21-10-4-2-1-3-5-10)15-14(12)11(16(19)20)8-9-18-15/h1-9H,(H,19,20). The summed E-state index contributed by atoms with van der Waals surface area (Å²) >= 11 is 6.12. The number of carbonyl (C=O) groups is 1. The highest BCUT2D eigenvalue weighted by Crippen LogP contribution is 2.34. The van der Waals surface area contributed by atoms with E-state index in [1.54, 1.807) is 12.1 Å². The molecule has 1 aromatic heterocycles. The van der Waals surface area contributed by atoms with E-state index >= 15 is 0 Å². The van der Waals surface area contributed by atoms with Gasteiger partial charge < -0.3 is 9.84 Å².